The largest absolute Gasteiger partial charge is 0.756 e. The highest BCUT2D eigenvalue weighted by Gasteiger charge is 2.59. The van der Waals surface area contributed by atoms with Crippen molar-refractivity contribution in [2.75, 3.05) is 7.11 Å². The van der Waals surface area contributed by atoms with Crippen molar-refractivity contribution in [2.45, 2.75) is 18.5 Å². The second kappa shape index (κ2) is 4.28. The third-order valence-corrected chi connectivity index (χ3v) is 1.97. The van der Waals surface area contributed by atoms with Gasteiger partial charge in [0.25, 0.3) is 13.9 Å². The van der Waals surface area contributed by atoms with Gasteiger partial charge >= 0.3 is 12.4 Å². The van der Waals surface area contributed by atoms with E-state index in [1.165, 1.54) is 0 Å². The van der Waals surface area contributed by atoms with Gasteiger partial charge in [-0.05, 0) is 0 Å². The first-order valence-electron chi connectivity index (χ1n) is 3.09. The van der Waals surface area contributed by atoms with E-state index in [1.54, 1.807) is 0 Å². The molecule has 0 aliphatic carbocycles. The molecular weight excluding hydrogens is 257 g/mol. The molecule has 15 heavy (non-hydrogen) atoms. The summed E-state index contributed by atoms with van der Waals surface area (Å²) in [6.45, 7) is 0. The molecule has 0 aliphatic heterocycles. The summed E-state index contributed by atoms with van der Waals surface area (Å²) in [5, 5.41) is 0. The molecule has 0 N–H and O–H groups in total. The molecule has 0 aromatic carbocycles. The lowest BCUT2D eigenvalue weighted by Gasteiger charge is -2.29. The van der Waals surface area contributed by atoms with Crippen molar-refractivity contribution in [3.05, 3.63) is 0 Å². The fraction of sp³-hybridized carbons (Fsp3) is 1.00. The van der Waals surface area contributed by atoms with Crippen LogP contribution in [0.25, 0.3) is 0 Å². The maximum absolute atomic E-state index is 11.7. The van der Waals surface area contributed by atoms with E-state index in [2.05, 4.69) is 9.05 Å². The topological polar surface area (TPSA) is 58.6 Å². The first-order chi connectivity index (χ1) is 6.40. The molecule has 11 heteroatoms. The van der Waals surface area contributed by atoms with Crippen LogP contribution in [0.5, 0.6) is 0 Å². The molecule has 0 saturated heterocycles. The fourth-order valence-corrected chi connectivity index (χ4v) is 1.06. The van der Waals surface area contributed by atoms with Gasteiger partial charge in [0.15, 0.2) is 0 Å². The van der Waals surface area contributed by atoms with E-state index in [0.717, 1.165) is 0 Å². The Morgan fingerprint density at radius 1 is 1.13 bits per heavy atom. The van der Waals surface area contributed by atoms with Crippen molar-refractivity contribution in [1.29, 1.82) is 0 Å². The maximum atomic E-state index is 11.7. The summed E-state index contributed by atoms with van der Waals surface area (Å²) in [5.74, 6) is 0. The molecular formula is C4H4F6O4P-. The van der Waals surface area contributed by atoms with Crippen LogP contribution in [0.2, 0.25) is 0 Å². The number of hydrogen-bond acceptors (Lipinski definition) is 4. The molecule has 0 aromatic heterocycles. The summed E-state index contributed by atoms with van der Waals surface area (Å²) >= 11 is 0. The first-order valence-corrected chi connectivity index (χ1v) is 4.55. The Morgan fingerprint density at radius 3 is 1.67 bits per heavy atom. The van der Waals surface area contributed by atoms with E-state index in [9.17, 15) is 35.8 Å². The predicted molar refractivity (Wildman–Crippen MR) is 31.6 cm³/mol. The molecule has 1 atom stereocenters. The summed E-state index contributed by atoms with van der Waals surface area (Å²) in [6, 6.07) is 0. The average Bonchev–Trinajstić information content (AvgIpc) is 1.96. The summed E-state index contributed by atoms with van der Waals surface area (Å²) in [7, 11) is -5.24. The van der Waals surface area contributed by atoms with Crippen LogP contribution in [0, 0.1) is 0 Å². The Bertz CT molecular complexity index is 245. The highest BCUT2D eigenvalue weighted by molar-refractivity contribution is 7.45. The maximum Gasteiger partial charge on any atom is 0.424 e. The van der Waals surface area contributed by atoms with Gasteiger partial charge in [-0.25, -0.2) is 0 Å². The molecule has 0 bridgehead atoms. The van der Waals surface area contributed by atoms with Gasteiger partial charge in [-0.15, -0.1) is 0 Å². The molecule has 4 nitrogen and oxygen atoms in total. The van der Waals surface area contributed by atoms with Crippen molar-refractivity contribution in [3.8, 4) is 0 Å². The van der Waals surface area contributed by atoms with Crippen molar-refractivity contribution in [1.82, 2.24) is 0 Å². The lowest BCUT2D eigenvalue weighted by atomic mass is 10.3. The summed E-state index contributed by atoms with van der Waals surface area (Å²) in [4.78, 5) is 10.3. The van der Waals surface area contributed by atoms with Gasteiger partial charge < -0.3 is 9.42 Å². The standard InChI is InChI=1S/C4H5F6O4P/c1-13-15(11,12)14-2(3(5,6)7)4(8,9)10/h2H,1H3,(H,11,12)/p-1. The highest BCUT2D eigenvalue weighted by atomic mass is 31.2. The van der Waals surface area contributed by atoms with Crippen LogP contribution in [0.4, 0.5) is 26.3 Å². The number of halogens is 6. The van der Waals surface area contributed by atoms with Crippen LogP contribution in [-0.2, 0) is 13.6 Å². The van der Waals surface area contributed by atoms with Crippen molar-refractivity contribution in [2.24, 2.45) is 0 Å². The lowest BCUT2D eigenvalue weighted by Crippen LogP contribution is -2.44. The van der Waals surface area contributed by atoms with E-state index < -0.39 is 26.3 Å². The molecule has 0 rings (SSSR count). The van der Waals surface area contributed by atoms with Gasteiger partial charge in [-0.1, -0.05) is 0 Å². The van der Waals surface area contributed by atoms with Gasteiger partial charge in [0.1, 0.15) is 0 Å². The van der Waals surface area contributed by atoms with Gasteiger partial charge in [-0.3, -0.25) is 9.09 Å². The average molecular weight is 261 g/mol. The molecule has 0 radical (unpaired) electrons. The van der Waals surface area contributed by atoms with Gasteiger partial charge in [0.2, 0.25) is 0 Å². The normalized spacial score (nSPS) is 17.9. The Kier molecular flexibility index (Phi) is 4.19. The molecule has 92 valence electrons. The zero-order chi connectivity index (χ0) is 12.5. The minimum absolute atomic E-state index is 0.373. The van der Waals surface area contributed by atoms with Crippen LogP contribution in [-0.4, -0.2) is 25.6 Å². The minimum atomic E-state index is -5.89. The monoisotopic (exact) mass is 261 g/mol. The minimum Gasteiger partial charge on any atom is -0.756 e. The Morgan fingerprint density at radius 2 is 1.47 bits per heavy atom. The number of phosphoric ester groups is 1. The second-order valence-electron chi connectivity index (χ2n) is 2.20. The van der Waals surface area contributed by atoms with Crippen molar-refractivity contribution >= 4 is 7.82 Å². The number of rotatable bonds is 3. The van der Waals surface area contributed by atoms with E-state index in [1.807, 2.05) is 0 Å². The van der Waals surface area contributed by atoms with Crippen LogP contribution in [0.3, 0.4) is 0 Å². The zero-order valence-electron chi connectivity index (χ0n) is 6.93. The lowest BCUT2D eigenvalue weighted by molar-refractivity contribution is -0.321. The molecule has 0 heterocycles. The smallest absolute Gasteiger partial charge is 0.424 e. The Hall–Kier alpha value is -0.310. The number of phosphoric acid groups is 1. The highest BCUT2D eigenvalue weighted by Crippen LogP contribution is 2.47. The Labute approximate surface area is 79.4 Å². The van der Waals surface area contributed by atoms with Crippen molar-refractivity contribution < 1.29 is 44.8 Å². The Balaban J connectivity index is 4.93. The van der Waals surface area contributed by atoms with E-state index in [0.29, 0.717) is 7.11 Å². The zero-order valence-corrected chi connectivity index (χ0v) is 7.82. The predicted octanol–water partition coefficient (Wildman–Crippen LogP) is 1.61. The van der Waals surface area contributed by atoms with Crippen LogP contribution < -0.4 is 4.89 Å². The number of alkyl halides is 6. The van der Waals surface area contributed by atoms with E-state index >= 15 is 0 Å². The molecule has 0 aliphatic rings. The molecule has 0 aromatic rings. The van der Waals surface area contributed by atoms with Gasteiger partial charge in [0.05, 0.1) is 0 Å². The quantitative estimate of drug-likeness (QED) is 0.572. The summed E-state index contributed by atoms with van der Waals surface area (Å²) < 4.78 is 86.8. The summed E-state index contributed by atoms with van der Waals surface area (Å²) in [6.07, 6.45) is -16.2. The fourth-order valence-electron chi connectivity index (χ4n) is 0.477. The van der Waals surface area contributed by atoms with Crippen LogP contribution in [0.1, 0.15) is 0 Å². The molecule has 0 saturated carbocycles. The van der Waals surface area contributed by atoms with Gasteiger partial charge in [-0.2, -0.15) is 26.3 Å². The van der Waals surface area contributed by atoms with Crippen LogP contribution >= 0.6 is 7.82 Å². The van der Waals surface area contributed by atoms with E-state index in [-0.39, 0.29) is 0 Å². The summed E-state index contributed by atoms with van der Waals surface area (Å²) in [5.41, 5.74) is 0. The second-order valence-corrected chi connectivity index (χ2v) is 3.67. The molecule has 0 fully saturated rings. The molecule has 1 unspecified atom stereocenters. The van der Waals surface area contributed by atoms with Crippen LogP contribution in [0.15, 0.2) is 0 Å². The third kappa shape index (κ3) is 4.83. The van der Waals surface area contributed by atoms with E-state index in [4.69, 9.17) is 0 Å². The first kappa shape index (κ1) is 14.7. The SMILES string of the molecule is COP(=O)([O-])OC(C(F)(F)F)C(F)(F)F. The van der Waals surface area contributed by atoms with Crippen molar-refractivity contribution in [3.63, 3.8) is 0 Å². The molecule has 0 amide bonds. The van der Waals surface area contributed by atoms with Gasteiger partial charge in [0, 0.05) is 7.11 Å². The third-order valence-electron chi connectivity index (χ3n) is 1.05. The number of hydrogen-bond donors (Lipinski definition) is 0. The molecule has 0 spiro atoms.